The summed E-state index contributed by atoms with van der Waals surface area (Å²) in [5.41, 5.74) is -0.308. The lowest BCUT2D eigenvalue weighted by Gasteiger charge is -2.43. The Hall–Kier alpha value is -1.32. The number of nitrogens with zero attached hydrogens (tertiary/aromatic N) is 2. The third-order valence-corrected chi connectivity index (χ3v) is 3.48. The molecule has 0 radical (unpaired) electrons. The largest absolute Gasteiger partial charge is 0.345 e. The zero-order chi connectivity index (χ0) is 10.6. The molecule has 1 unspecified atom stereocenters. The van der Waals surface area contributed by atoms with Crippen LogP contribution < -0.4 is 5.32 Å². The summed E-state index contributed by atoms with van der Waals surface area (Å²) in [4.78, 5) is 15.8. The Labute approximate surface area is 88.7 Å². The van der Waals surface area contributed by atoms with E-state index in [2.05, 4.69) is 14.9 Å². The number of rotatable bonds is 2. The Bertz CT molecular complexity index is 417. The van der Waals surface area contributed by atoms with Gasteiger partial charge in [-0.05, 0) is 26.7 Å². The van der Waals surface area contributed by atoms with Crippen LogP contribution in [0.15, 0.2) is 12.4 Å². The quantitative estimate of drug-likeness (QED) is 0.742. The van der Waals surface area contributed by atoms with E-state index < -0.39 is 0 Å². The van der Waals surface area contributed by atoms with Crippen LogP contribution in [0.5, 0.6) is 0 Å². The van der Waals surface area contributed by atoms with Crippen molar-refractivity contribution < 1.29 is 4.79 Å². The zero-order valence-corrected chi connectivity index (χ0v) is 9.03. The van der Waals surface area contributed by atoms with Crippen LogP contribution in [0.25, 0.3) is 0 Å². The lowest BCUT2D eigenvalue weighted by molar-refractivity contribution is -0.143. The average molecular weight is 205 g/mol. The Balaban J connectivity index is 1.93. The minimum Gasteiger partial charge on any atom is -0.345 e. The molecule has 2 aliphatic rings. The summed E-state index contributed by atoms with van der Waals surface area (Å²) in [6.45, 7) is 3.95. The highest BCUT2D eigenvalue weighted by Crippen LogP contribution is 2.44. The van der Waals surface area contributed by atoms with Gasteiger partial charge in [-0.25, -0.2) is 4.98 Å². The van der Waals surface area contributed by atoms with Gasteiger partial charge in [0.05, 0.1) is 5.41 Å². The molecular weight excluding hydrogens is 190 g/mol. The molecule has 4 nitrogen and oxygen atoms in total. The molecule has 1 aliphatic heterocycles. The first-order valence-electron chi connectivity index (χ1n) is 5.44. The topological polar surface area (TPSA) is 46.9 Å². The number of nitrogens with one attached hydrogen (secondary N) is 1. The van der Waals surface area contributed by atoms with Crippen LogP contribution in [0, 0.1) is 5.41 Å². The third kappa shape index (κ3) is 1.14. The second-order valence-corrected chi connectivity index (χ2v) is 5.05. The van der Waals surface area contributed by atoms with Gasteiger partial charge in [0.25, 0.3) is 0 Å². The standard InChI is InChI=1S/C11H15N3O/c1-11(2)8(13-10(11)15)9-12-5-6-14(9)7-3-4-7/h5-8H,3-4H2,1-2H3,(H,13,15). The number of carbonyl (C=O) groups is 1. The lowest BCUT2D eigenvalue weighted by atomic mass is 9.76. The summed E-state index contributed by atoms with van der Waals surface area (Å²) >= 11 is 0. The summed E-state index contributed by atoms with van der Waals surface area (Å²) in [5, 5.41) is 2.94. The molecule has 1 aromatic heterocycles. The number of imidazole rings is 1. The molecule has 1 N–H and O–H groups in total. The molecule has 1 atom stereocenters. The van der Waals surface area contributed by atoms with Gasteiger partial charge < -0.3 is 9.88 Å². The van der Waals surface area contributed by atoms with E-state index in [1.54, 1.807) is 0 Å². The summed E-state index contributed by atoms with van der Waals surface area (Å²) in [5.74, 6) is 1.14. The van der Waals surface area contributed by atoms with Crippen LogP contribution in [-0.4, -0.2) is 15.5 Å². The minimum absolute atomic E-state index is 0.0839. The first kappa shape index (κ1) is 8.95. The molecule has 0 bridgehead atoms. The van der Waals surface area contributed by atoms with Crippen LogP contribution >= 0.6 is 0 Å². The molecule has 2 heterocycles. The maximum Gasteiger partial charge on any atom is 0.228 e. The summed E-state index contributed by atoms with van der Waals surface area (Å²) in [6.07, 6.45) is 6.33. The molecule has 1 aliphatic carbocycles. The fourth-order valence-corrected chi connectivity index (χ4v) is 2.15. The fraction of sp³-hybridized carbons (Fsp3) is 0.636. The van der Waals surface area contributed by atoms with Crippen LogP contribution in [0.1, 0.15) is 44.6 Å². The van der Waals surface area contributed by atoms with Crippen molar-refractivity contribution in [1.29, 1.82) is 0 Å². The minimum atomic E-state index is -0.308. The maximum absolute atomic E-state index is 11.4. The fourth-order valence-electron chi connectivity index (χ4n) is 2.15. The molecule has 0 aromatic carbocycles. The molecule has 80 valence electrons. The van der Waals surface area contributed by atoms with Crippen molar-refractivity contribution in [2.24, 2.45) is 5.41 Å². The van der Waals surface area contributed by atoms with E-state index in [4.69, 9.17) is 0 Å². The second-order valence-electron chi connectivity index (χ2n) is 5.05. The molecule has 2 fully saturated rings. The molecule has 1 aromatic rings. The maximum atomic E-state index is 11.4. The molecule has 4 heteroatoms. The number of amides is 1. The number of hydrogen-bond donors (Lipinski definition) is 1. The van der Waals surface area contributed by atoms with E-state index in [1.165, 1.54) is 12.8 Å². The molecule has 1 saturated carbocycles. The molecule has 3 rings (SSSR count). The van der Waals surface area contributed by atoms with Crippen molar-refractivity contribution in [1.82, 2.24) is 14.9 Å². The van der Waals surface area contributed by atoms with Crippen LogP contribution in [-0.2, 0) is 4.79 Å². The molecule has 1 saturated heterocycles. The van der Waals surface area contributed by atoms with Gasteiger partial charge in [-0.1, -0.05) is 0 Å². The van der Waals surface area contributed by atoms with Gasteiger partial charge in [-0.15, -0.1) is 0 Å². The van der Waals surface area contributed by atoms with E-state index in [-0.39, 0.29) is 17.4 Å². The number of β-lactam (4-membered cyclic amide) rings is 1. The Morgan fingerprint density at radius 2 is 2.27 bits per heavy atom. The molecular formula is C11H15N3O. The predicted molar refractivity (Wildman–Crippen MR) is 55.2 cm³/mol. The zero-order valence-electron chi connectivity index (χ0n) is 9.03. The van der Waals surface area contributed by atoms with Crippen LogP contribution in [0.3, 0.4) is 0 Å². The van der Waals surface area contributed by atoms with Crippen molar-refractivity contribution in [2.75, 3.05) is 0 Å². The summed E-state index contributed by atoms with van der Waals surface area (Å²) in [6, 6.07) is 0.705. The van der Waals surface area contributed by atoms with Crippen molar-refractivity contribution >= 4 is 5.91 Å². The normalized spacial score (nSPS) is 28.4. The monoisotopic (exact) mass is 205 g/mol. The molecule has 0 spiro atoms. The van der Waals surface area contributed by atoms with Gasteiger partial charge in [-0.3, -0.25) is 4.79 Å². The van der Waals surface area contributed by atoms with Crippen LogP contribution in [0.4, 0.5) is 0 Å². The average Bonchev–Trinajstić information content (AvgIpc) is 2.94. The first-order valence-corrected chi connectivity index (χ1v) is 5.44. The van der Waals surface area contributed by atoms with Crippen molar-refractivity contribution in [2.45, 2.75) is 38.8 Å². The Kier molecular flexibility index (Phi) is 1.56. The lowest BCUT2D eigenvalue weighted by Crippen LogP contribution is -2.58. The Morgan fingerprint density at radius 1 is 1.53 bits per heavy atom. The predicted octanol–water partition coefficient (Wildman–Crippen LogP) is 1.42. The highest BCUT2D eigenvalue weighted by molar-refractivity contribution is 5.89. The van der Waals surface area contributed by atoms with E-state index >= 15 is 0 Å². The van der Waals surface area contributed by atoms with Gasteiger partial charge in [-0.2, -0.15) is 0 Å². The van der Waals surface area contributed by atoms with Gasteiger partial charge in [0, 0.05) is 18.4 Å². The number of carbonyl (C=O) groups excluding carboxylic acids is 1. The van der Waals surface area contributed by atoms with Crippen molar-refractivity contribution in [3.8, 4) is 0 Å². The first-order chi connectivity index (χ1) is 7.10. The number of hydrogen-bond acceptors (Lipinski definition) is 2. The second kappa shape index (κ2) is 2.62. The van der Waals surface area contributed by atoms with E-state index in [0.717, 1.165) is 5.82 Å². The third-order valence-electron chi connectivity index (χ3n) is 3.48. The highest BCUT2D eigenvalue weighted by atomic mass is 16.2. The van der Waals surface area contributed by atoms with Gasteiger partial charge in [0.2, 0.25) is 5.91 Å². The summed E-state index contributed by atoms with van der Waals surface area (Å²) in [7, 11) is 0. The van der Waals surface area contributed by atoms with E-state index in [0.29, 0.717) is 6.04 Å². The number of aromatic nitrogens is 2. The van der Waals surface area contributed by atoms with E-state index in [9.17, 15) is 4.79 Å². The van der Waals surface area contributed by atoms with Gasteiger partial charge in [0.1, 0.15) is 11.9 Å². The van der Waals surface area contributed by atoms with Gasteiger partial charge >= 0.3 is 0 Å². The molecule has 15 heavy (non-hydrogen) atoms. The van der Waals surface area contributed by atoms with Crippen molar-refractivity contribution in [3.05, 3.63) is 18.2 Å². The van der Waals surface area contributed by atoms with Gasteiger partial charge in [0.15, 0.2) is 0 Å². The smallest absolute Gasteiger partial charge is 0.228 e. The Morgan fingerprint density at radius 3 is 2.80 bits per heavy atom. The SMILES string of the molecule is CC1(C)C(=O)NC1c1nccn1C1CC1. The molecule has 1 amide bonds. The van der Waals surface area contributed by atoms with Crippen LogP contribution in [0.2, 0.25) is 0 Å². The van der Waals surface area contributed by atoms with E-state index in [1.807, 2.05) is 26.2 Å². The van der Waals surface area contributed by atoms with Crippen molar-refractivity contribution in [3.63, 3.8) is 0 Å². The summed E-state index contributed by atoms with van der Waals surface area (Å²) < 4.78 is 2.21. The highest BCUT2D eigenvalue weighted by Gasteiger charge is 2.50.